The summed E-state index contributed by atoms with van der Waals surface area (Å²) in [5, 5.41) is 11.6. The highest BCUT2D eigenvalue weighted by Gasteiger charge is 2.26. The first-order valence-corrected chi connectivity index (χ1v) is 14.5. The van der Waals surface area contributed by atoms with Gasteiger partial charge in [-0.25, -0.2) is 9.37 Å². The first-order valence-electron chi connectivity index (χ1n) is 12.6. The molecule has 6 rings (SSSR count). The molecule has 5 aromatic rings. The SMILES string of the molecule is COc1ccccc1N1CCN(C(=O)c2csc(CSc3nnc(-c4ccco4)n3-c3ccccc3F)n2)CC1. The second-order valence-corrected chi connectivity index (χ2v) is 10.8. The molecule has 4 heterocycles. The molecule has 0 radical (unpaired) electrons. The van der Waals surface area contributed by atoms with Crippen LogP contribution in [0.5, 0.6) is 5.75 Å². The van der Waals surface area contributed by atoms with E-state index in [0.717, 1.165) is 16.4 Å². The second-order valence-electron chi connectivity index (χ2n) is 8.94. The Kier molecular flexibility index (Phi) is 7.51. The Morgan fingerprint density at radius 3 is 2.55 bits per heavy atom. The number of anilines is 1. The number of ether oxygens (including phenoxy) is 1. The number of hydrogen-bond acceptors (Lipinski definition) is 9. The zero-order chi connectivity index (χ0) is 27.5. The molecule has 0 unspecified atom stereocenters. The lowest BCUT2D eigenvalue weighted by Gasteiger charge is -2.36. The summed E-state index contributed by atoms with van der Waals surface area (Å²) in [7, 11) is 1.67. The van der Waals surface area contributed by atoms with Crippen molar-refractivity contribution >= 4 is 34.7 Å². The number of halogens is 1. The maximum atomic E-state index is 14.8. The molecule has 0 spiro atoms. The number of methoxy groups -OCH3 is 1. The average molecular weight is 577 g/mol. The molecule has 12 heteroatoms. The summed E-state index contributed by atoms with van der Waals surface area (Å²) < 4.78 is 27.4. The van der Waals surface area contributed by atoms with Gasteiger partial charge in [0.05, 0.1) is 30.5 Å². The molecule has 3 aromatic heterocycles. The number of rotatable bonds is 8. The van der Waals surface area contributed by atoms with Gasteiger partial charge in [-0.05, 0) is 36.4 Å². The van der Waals surface area contributed by atoms with Crippen molar-refractivity contribution in [2.45, 2.75) is 10.9 Å². The van der Waals surface area contributed by atoms with Gasteiger partial charge in [0, 0.05) is 31.6 Å². The van der Waals surface area contributed by atoms with Crippen LogP contribution in [0, 0.1) is 5.82 Å². The Labute approximate surface area is 238 Å². The number of para-hydroxylation sites is 3. The number of amides is 1. The van der Waals surface area contributed by atoms with E-state index in [1.165, 1.54) is 35.4 Å². The molecule has 0 bridgehead atoms. The summed E-state index contributed by atoms with van der Waals surface area (Å²) in [5.74, 6) is 1.68. The number of nitrogens with zero attached hydrogens (tertiary/aromatic N) is 6. The molecule has 2 aromatic carbocycles. The van der Waals surface area contributed by atoms with E-state index in [9.17, 15) is 9.18 Å². The fourth-order valence-corrected chi connectivity index (χ4v) is 6.32. The molecule has 0 saturated carbocycles. The van der Waals surface area contributed by atoms with Crippen LogP contribution >= 0.6 is 23.1 Å². The Morgan fingerprint density at radius 2 is 1.80 bits per heavy atom. The normalized spacial score (nSPS) is 13.6. The number of piperazine rings is 1. The fourth-order valence-electron chi connectivity index (χ4n) is 4.58. The molecule has 1 saturated heterocycles. The highest BCUT2D eigenvalue weighted by Crippen LogP contribution is 2.32. The van der Waals surface area contributed by atoms with E-state index in [4.69, 9.17) is 9.15 Å². The molecule has 40 heavy (non-hydrogen) atoms. The van der Waals surface area contributed by atoms with Crippen LogP contribution in [0.25, 0.3) is 17.3 Å². The highest BCUT2D eigenvalue weighted by molar-refractivity contribution is 7.98. The largest absolute Gasteiger partial charge is 0.495 e. The molecule has 1 amide bonds. The molecular weight excluding hydrogens is 551 g/mol. The van der Waals surface area contributed by atoms with Crippen LogP contribution in [0.3, 0.4) is 0 Å². The average Bonchev–Trinajstić information content (AvgIpc) is 3.77. The molecule has 1 fully saturated rings. The quantitative estimate of drug-likeness (QED) is 0.227. The molecular formula is C28H25FN6O3S2. The van der Waals surface area contributed by atoms with Gasteiger partial charge in [0.2, 0.25) is 5.82 Å². The zero-order valence-electron chi connectivity index (χ0n) is 21.6. The number of benzene rings is 2. The number of hydrogen-bond donors (Lipinski definition) is 0. The van der Waals surface area contributed by atoms with Crippen molar-refractivity contribution in [3.63, 3.8) is 0 Å². The van der Waals surface area contributed by atoms with Crippen molar-refractivity contribution in [3.05, 3.63) is 88.8 Å². The van der Waals surface area contributed by atoms with E-state index in [-0.39, 0.29) is 5.91 Å². The van der Waals surface area contributed by atoms with Gasteiger partial charge in [-0.3, -0.25) is 9.36 Å². The number of thiazole rings is 1. The molecule has 1 aliphatic heterocycles. The molecule has 0 atom stereocenters. The predicted octanol–water partition coefficient (Wildman–Crippen LogP) is 5.39. The minimum Gasteiger partial charge on any atom is -0.495 e. The Bertz CT molecular complexity index is 1610. The smallest absolute Gasteiger partial charge is 0.273 e. The van der Waals surface area contributed by atoms with Crippen molar-refractivity contribution in [1.82, 2.24) is 24.6 Å². The van der Waals surface area contributed by atoms with E-state index in [0.29, 0.717) is 60.1 Å². The van der Waals surface area contributed by atoms with Gasteiger partial charge in [-0.1, -0.05) is 36.0 Å². The molecule has 204 valence electrons. The Morgan fingerprint density at radius 1 is 1.02 bits per heavy atom. The predicted molar refractivity (Wildman–Crippen MR) is 152 cm³/mol. The summed E-state index contributed by atoms with van der Waals surface area (Å²) in [6, 6.07) is 17.9. The summed E-state index contributed by atoms with van der Waals surface area (Å²) in [6.45, 7) is 2.62. The third kappa shape index (κ3) is 5.19. The van der Waals surface area contributed by atoms with Gasteiger partial charge in [0.1, 0.15) is 22.3 Å². The zero-order valence-corrected chi connectivity index (χ0v) is 23.2. The third-order valence-corrected chi connectivity index (χ3v) is 8.53. The van der Waals surface area contributed by atoms with Gasteiger partial charge in [-0.15, -0.1) is 21.5 Å². The molecule has 0 aliphatic carbocycles. The highest BCUT2D eigenvalue weighted by atomic mass is 32.2. The number of thioether (sulfide) groups is 1. The molecule has 9 nitrogen and oxygen atoms in total. The second kappa shape index (κ2) is 11.5. The van der Waals surface area contributed by atoms with Crippen molar-refractivity contribution in [3.8, 4) is 23.0 Å². The Balaban J connectivity index is 1.13. The fraction of sp³-hybridized carbons (Fsp3) is 0.214. The third-order valence-electron chi connectivity index (χ3n) is 6.56. The lowest BCUT2D eigenvalue weighted by atomic mass is 10.2. The van der Waals surface area contributed by atoms with E-state index >= 15 is 0 Å². The number of furan rings is 1. The van der Waals surface area contributed by atoms with Crippen molar-refractivity contribution in [2.75, 3.05) is 38.2 Å². The van der Waals surface area contributed by atoms with Crippen LogP contribution in [0.2, 0.25) is 0 Å². The van der Waals surface area contributed by atoms with Crippen LogP contribution in [0.1, 0.15) is 15.5 Å². The Hall–Kier alpha value is -4.16. The van der Waals surface area contributed by atoms with Crippen molar-refractivity contribution in [2.24, 2.45) is 0 Å². The number of carbonyl (C=O) groups excluding carboxylic acids is 1. The van der Waals surface area contributed by atoms with Crippen LogP contribution in [-0.4, -0.2) is 63.8 Å². The van der Waals surface area contributed by atoms with E-state index < -0.39 is 5.82 Å². The minimum atomic E-state index is -0.398. The van der Waals surface area contributed by atoms with Gasteiger partial charge in [-0.2, -0.15) is 0 Å². The topological polar surface area (TPSA) is 89.5 Å². The lowest BCUT2D eigenvalue weighted by molar-refractivity contribution is 0.0741. The van der Waals surface area contributed by atoms with Gasteiger partial charge < -0.3 is 19.0 Å². The first kappa shape index (κ1) is 26.1. The maximum Gasteiger partial charge on any atom is 0.273 e. The standard InChI is InChI=1S/C28H25FN6O3S2/c1-37-23-10-5-4-9-22(23)33-12-14-34(15-13-33)27(36)20-17-39-25(30-20)18-40-28-32-31-26(24-11-6-16-38-24)35(28)21-8-3-2-7-19(21)29/h2-11,16-17H,12-15,18H2,1H3. The van der Waals surface area contributed by atoms with E-state index in [2.05, 4.69) is 20.1 Å². The van der Waals surface area contributed by atoms with Gasteiger partial charge in [0.25, 0.3) is 5.91 Å². The van der Waals surface area contributed by atoms with Gasteiger partial charge >= 0.3 is 0 Å². The number of aromatic nitrogens is 4. The summed E-state index contributed by atoms with van der Waals surface area (Å²) in [6.07, 6.45) is 1.54. The minimum absolute atomic E-state index is 0.0817. The summed E-state index contributed by atoms with van der Waals surface area (Å²) in [5.41, 5.74) is 1.78. The van der Waals surface area contributed by atoms with E-state index in [1.807, 2.05) is 29.2 Å². The van der Waals surface area contributed by atoms with Crippen LogP contribution in [0.4, 0.5) is 10.1 Å². The van der Waals surface area contributed by atoms with Crippen LogP contribution in [0.15, 0.2) is 81.9 Å². The summed E-state index contributed by atoms with van der Waals surface area (Å²) >= 11 is 2.79. The number of carbonyl (C=O) groups is 1. The first-order chi connectivity index (χ1) is 19.6. The van der Waals surface area contributed by atoms with E-state index in [1.54, 1.807) is 47.4 Å². The maximum absolute atomic E-state index is 14.8. The van der Waals surface area contributed by atoms with Crippen LogP contribution < -0.4 is 9.64 Å². The van der Waals surface area contributed by atoms with Crippen molar-refractivity contribution in [1.29, 1.82) is 0 Å². The molecule has 0 N–H and O–H groups in total. The molecule has 1 aliphatic rings. The lowest BCUT2D eigenvalue weighted by Crippen LogP contribution is -2.49. The van der Waals surface area contributed by atoms with Crippen LogP contribution in [-0.2, 0) is 5.75 Å². The monoisotopic (exact) mass is 576 g/mol. The van der Waals surface area contributed by atoms with Gasteiger partial charge in [0.15, 0.2) is 10.9 Å². The van der Waals surface area contributed by atoms with Crippen molar-refractivity contribution < 1.29 is 18.3 Å². The summed E-state index contributed by atoms with van der Waals surface area (Å²) in [4.78, 5) is 21.9.